The molecule has 0 unspecified atom stereocenters. The van der Waals surface area contributed by atoms with Crippen LogP contribution in [0, 0.1) is 5.92 Å². The molecule has 0 atom stereocenters. The third kappa shape index (κ3) is 5.84. The van der Waals surface area contributed by atoms with E-state index in [2.05, 4.69) is 14.8 Å². The molecule has 2 aliphatic rings. The first-order chi connectivity index (χ1) is 15.8. The molecule has 1 aromatic carbocycles. The summed E-state index contributed by atoms with van der Waals surface area (Å²) in [4.78, 5) is 19.8. The highest BCUT2D eigenvalue weighted by atomic mass is 35.5. The number of carboxylic acid groups (broad SMARTS) is 1. The SMILES string of the molecule is O=C(O)Cc1ccc(Cl)c(S(=O)(=O)N2CCN(CC3CCN(c4ccncc4)CC3)CC2)c1. The number of aliphatic carboxylic acids is 1. The molecule has 0 bridgehead atoms. The molecule has 10 heteroatoms. The van der Waals surface area contributed by atoms with E-state index in [0.29, 0.717) is 37.7 Å². The molecular formula is C23H29ClN4O4S. The summed E-state index contributed by atoms with van der Waals surface area (Å²) in [7, 11) is -3.78. The number of carbonyl (C=O) groups is 1. The Kier molecular flexibility index (Phi) is 7.53. The quantitative estimate of drug-likeness (QED) is 0.634. The van der Waals surface area contributed by atoms with E-state index in [1.807, 2.05) is 24.5 Å². The van der Waals surface area contributed by atoms with E-state index in [0.717, 1.165) is 32.5 Å². The van der Waals surface area contributed by atoms with E-state index in [4.69, 9.17) is 16.7 Å². The van der Waals surface area contributed by atoms with Gasteiger partial charge in [0.2, 0.25) is 10.0 Å². The fourth-order valence-electron chi connectivity index (χ4n) is 4.62. The Morgan fingerprint density at radius 3 is 2.33 bits per heavy atom. The summed E-state index contributed by atoms with van der Waals surface area (Å²) in [6.45, 7) is 5.18. The number of sulfonamides is 1. The first-order valence-corrected chi connectivity index (χ1v) is 13.0. The van der Waals surface area contributed by atoms with Crippen LogP contribution in [-0.2, 0) is 21.2 Å². The highest BCUT2D eigenvalue weighted by Gasteiger charge is 2.31. The number of carboxylic acids is 1. The van der Waals surface area contributed by atoms with Crippen LogP contribution in [0.15, 0.2) is 47.6 Å². The van der Waals surface area contributed by atoms with Crippen molar-refractivity contribution < 1.29 is 18.3 Å². The molecule has 33 heavy (non-hydrogen) atoms. The van der Waals surface area contributed by atoms with Crippen LogP contribution in [0.4, 0.5) is 5.69 Å². The molecule has 8 nitrogen and oxygen atoms in total. The van der Waals surface area contributed by atoms with Crippen molar-refractivity contribution in [2.75, 3.05) is 50.7 Å². The van der Waals surface area contributed by atoms with Crippen LogP contribution < -0.4 is 4.90 Å². The second-order valence-corrected chi connectivity index (χ2v) is 11.0. The fourth-order valence-corrected chi connectivity index (χ4v) is 6.56. The number of anilines is 1. The Hall–Kier alpha value is -2.20. The van der Waals surface area contributed by atoms with E-state index >= 15 is 0 Å². The van der Waals surface area contributed by atoms with Gasteiger partial charge in [-0.15, -0.1) is 0 Å². The molecule has 4 rings (SSSR count). The Morgan fingerprint density at radius 1 is 1.03 bits per heavy atom. The van der Waals surface area contributed by atoms with Crippen LogP contribution >= 0.6 is 11.6 Å². The highest BCUT2D eigenvalue weighted by molar-refractivity contribution is 7.89. The topological polar surface area (TPSA) is 94.0 Å². The van der Waals surface area contributed by atoms with Gasteiger partial charge in [0.15, 0.2) is 0 Å². The lowest BCUT2D eigenvalue weighted by molar-refractivity contribution is -0.136. The van der Waals surface area contributed by atoms with Crippen molar-refractivity contribution in [3.05, 3.63) is 53.3 Å². The number of piperazine rings is 1. The Morgan fingerprint density at radius 2 is 1.70 bits per heavy atom. The monoisotopic (exact) mass is 492 g/mol. The Labute approximate surface area is 199 Å². The van der Waals surface area contributed by atoms with Gasteiger partial charge in [-0.1, -0.05) is 17.7 Å². The zero-order valence-corrected chi connectivity index (χ0v) is 20.0. The normalized spacial score (nSPS) is 19.0. The van der Waals surface area contributed by atoms with Crippen molar-refractivity contribution in [1.82, 2.24) is 14.2 Å². The Bertz CT molecular complexity index is 1070. The molecular weight excluding hydrogens is 464 g/mol. The van der Waals surface area contributed by atoms with Crippen LogP contribution in [0.3, 0.4) is 0 Å². The molecule has 0 spiro atoms. The molecule has 2 saturated heterocycles. The summed E-state index contributed by atoms with van der Waals surface area (Å²) in [5, 5.41) is 9.13. The van der Waals surface area contributed by atoms with Gasteiger partial charge >= 0.3 is 5.97 Å². The van der Waals surface area contributed by atoms with Crippen LogP contribution in [0.5, 0.6) is 0 Å². The van der Waals surface area contributed by atoms with Crippen LogP contribution in [0.2, 0.25) is 5.02 Å². The lowest BCUT2D eigenvalue weighted by atomic mass is 9.95. The van der Waals surface area contributed by atoms with Crippen molar-refractivity contribution in [2.45, 2.75) is 24.2 Å². The van der Waals surface area contributed by atoms with Gasteiger partial charge in [0.1, 0.15) is 4.90 Å². The maximum absolute atomic E-state index is 13.2. The molecule has 2 aliphatic heterocycles. The second kappa shape index (κ2) is 10.4. The minimum absolute atomic E-state index is 0.0140. The first-order valence-electron chi connectivity index (χ1n) is 11.2. The van der Waals surface area contributed by atoms with Gasteiger partial charge in [-0.05, 0) is 48.6 Å². The zero-order valence-electron chi connectivity index (χ0n) is 18.4. The highest BCUT2D eigenvalue weighted by Crippen LogP contribution is 2.28. The third-order valence-electron chi connectivity index (χ3n) is 6.46. The summed E-state index contributed by atoms with van der Waals surface area (Å²) in [5.41, 5.74) is 1.63. The number of halogens is 1. The predicted octanol–water partition coefficient (Wildman–Crippen LogP) is 2.59. The zero-order chi connectivity index (χ0) is 23.4. The lowest BCUT2D eigenvalue weighted by Gasteiger charge is -2.39. The Balaban J connectivity index is 1.30. The summed E-state index contributed by atoms with van der Waals surface area (Å²) in [6.07, 6.45) is 5.64. The number of nitrogens with zero attached hydrogens (tertiary/aromatic N) is 4. The van der Waals surface area contributed by atoms with Gasteiger partial charge in [0, 0.05) is 63.9 Å². The molecule has 0 aliphatic carbocycles. The van der Waals surface area contributed by atoms with Crippen molar-refractivity contribution in [2.24, 2.45) is 5.92 Å². The molecule has 2 fully saturated rings. The average Bonchev–Trinajstić information content (AvgIpc) is 2.81. The number of hydrogen-bond acceptors (Lipinski definition) is 6. The molecule has 1 aromatic heterocycles. The van der Waals surface area contributed by atoms with Crippen molar-refractivity contribution in [1.29, 1.82) is 0 Å². The van der Waals surface area contributed by atoms with Gasteiger partial charge in [0.05, 0.1) is 11.4 Å². The molecule has 0 saturated carbocycles. The summed E-state index contributed by atoms with van der Waals surface area (Å²) in [5.74, 6) is -0.408. The van der Waals surface area contributed by atoms with E-state index in [1.165, 1.54) is 22.1 Å². The van der Waals surface area contributed by atoms with Crippen LogP contribution in [0.1, 0.15) is 18.4 Å². The number of benzene rings is 1. The van der Waals surface area contributed by atoms with E-state index in [-0.39, 0.29) is 16.3 Å². The van der Waals surface area contributed by atoms with Crippen molar-refractivity contribution in [3.63, 3.8) is 0 Å². The molecule has 2 aromatic rings. The number of aromatic nitrogens is 1. The summed E-state index contributed by atoms with van der Waals surface area (Å²) in [6, 6.07) is 8.48. The molecule has 0 amide bonds. The smallest absolute Gasteiger partial charge is 0.307 e. The van der Waals surface area contributed by atoms with E-state index in [1.54, 1.807) is 6.07 Å². The third-order valence-corrected chi connectivity index (χ3v) is 8.84. The minimum Gasteiger partial charge on any atom is -0.481 e. The number of hydrogen-bond donors (Lipinski definition) is 1. The molecule has 3 heterocycles. The van der Waals surface area contributed by atoms with Crippen LogP contribution in [0.25, 0.3) is 0 Å². The second-order valence-electron chi connectivity index (χ2n) is 8.68. The minimum atomic E-state index is -3.78. The van der Waals surface area contributed by atoms with E-state index in [9.17, 15) is 13.2 Å². The van der Waals surface area contributed by atoms with Gasteiger partial charge in [-0.2, -0.15) is 4.31 Å². The largest absolute Gasteiger partial charge is 0.481 e. The lowest BCUT2D eigenvalue weighted by Crippen LogP contribution is -2.50. The van der Waals surface area contributed by atoms with Gasteiger partial charge in [-0.25, -0.2) is 8.42 Å². The van der Waals surface area contributed by atoms with Crippen molar-refractivity contribution in [3.8, 4) is 0 Å². The number of rotatable bonds is 7. The first kappa shape index (κ1) is 23.9. The standard InChI is InChI=1S/C23H29ClN4O4S/c24-21-2-1-19(16-23(29)30)15-22(21)33(31,32)28-13-11-26(12-14-28)17-18-5-9-27(10-6-18)20-3-7-25-8-4-20/h1-4,7-8,15,18H,5-6,9-14,16-17H2,(H,29,30). The number of pyridine rings is 1. The maximum Gasteiger partial charge on any atom is 0.307 e. The van der Waals surface area contributed by atoms with Gasteiger partial charge in [0.25, 0.3) is 0 Å². The summed E-state index contributed by atoms with van der Waals surface area (Å²) >= 11 is 6.18. The van der Waals surface area contributed by atoms with Crippen LogP contribution in [-0.4, -0.2) is 79.5 Å². The maximum atomic E-state index is 13.2. The van der Waals surface area contributed by atoms with Gasteiger partial charge < -0.3 is 14.9 Å². The summed E-state index contributed by atoms with van der Waals surface area (Å²) < 4.78 is 27.8. The molecule has 0 radical (unpaired) electrons. The number of piperidine rings is 1. The average molecular weight is 493 g/mol. The fraction of sp³-hybridized carbons (Fsp3) is 0.478. The van der Waals surface area contributed by atoms with Gasteiger partial charge in [-0.3, -0.25) is 9.78 Å². The predicted molar refractivity (Wildman–Crippen MR) is 127 cm³/mol. The van der Waals surface area contributed by atoms with Crippen molar-refractivity contribution >= 4 is 33.3 Å². The molecule has 178 valence electrons. The molecule has 1 N–H and O–H groups in total. The van der Waals surface area contributed by atoms with E-state index < -0.39 is 16.0 Å².